The third kappa shape index (κ3) is 44.5. The molecule has 0 N–H and O–H groups in total. The summed E-state index contributed by atoms with van der Waals surface area (Å²) in [6.45, 7) is 16.8. The van der Waals surface area contributed by atoms with E-state index in [1.165, 1.54) is 70.6 Å². The first kappa shape index (κ1) is 53.5. The maximum Gasteiger partial charge on any atom is 0.157 e. The lowest BCUT2D eigenvalue weighted by molar-refractivity contribution is -0.169. The minimum Gasteiger partial charge on any atom is -0.379 e. The fraction of sp³-hybridized carbons (Fsp3) is 1.00. The Morgan fingerprint density at radius 1 is 0.304 bits per heavy atom. The third-order valence-electron chi connectivity index (χ3n) is 8.65. The van der Waals surface area contributed by atoms with Crippen LogP contribution in [0.25, 0.3) is 0 Å². The van der Waals surface area contributed by atoms with Gasteiger partial charge in [0.25, 0.3) is 0 Å². The molecule has 1 atom stereocenters. The zero-order chi connectivity index (χ0) is 39.8. The van der Waals surface area contributed by atoms with Crippen LogP contribution in [0.5, 0.6) is 0 Å². The Hall–Kier alpha value is -0.560. The Morgan fingerprint density at radius 2 is 0.571 bits per heavy atom. The quantitative estimate of drug-likeness (QED) is 0.0663. The topological polar surface area (TPSA) is 129 Å². The third-order valence-corrected chi connectivity index (χ3v) is 8.65. The maximum atomic E-state index is 5.67. The van der Waals surface area contributed by atoms with Gasteiger partial charge in [0.2, 0.25) is 0 Å². The molecule has 14 heteroatoms. The van der Waals surface area contributed by atoms with E-state index in [2.05, 4.69) is 6.92 Å². The normalized spacial score (nSPS) is 14.6. The summed E-state index contributed by atoms with van der Waals surface area (Å²) in [5.41, 5.74) is 0. The fourth-order valence-corrected chi connectivity index (χ4v) is 5.47. The first-order valence-corrected chi connectivity index (χ1v) is 22.1. The minimum atomic E-state index is -0.0659. The van der Waals surface area contributed by atoms with Gasteiger partial charge < -0.3 is 66.3 Å². The Bertz CT molecular complexity index is 704. The van der Waals surface area contributed by atoms with Gasteiger partial charge >= 0.3 is 0 Å². The lowest BCUT2D eigenvalue weighted by atomic mass is 10.1. The number of ether oxygens (including phenoxy) is 14. The van der Waals surface area contributed by atoms with E-state index in [0.717, 1.165) is 32.5 Å². The van der Waals surface area contributed by atoms with Crippen molar-refractivity contribution in [2.75, 3.05) is 172 Å². The molecule has 0 aromatic heterocycles. The van der Waals surface area contributed by atoms with Gasteiger partial charge in [0.05, 0.1) is 159 Å². The summed E-state index contributed by atoms with van der Waals surface area (Å²) in [7, 11) is 0. The van der Waals surface area contributed by atoms with E-state index in [9.17, 15) is 0 Å². The summed E-state index contributed by atoms with van der Waals surface area (Å²) in [5.74, 6) is 0. The van der Waals surface area contributed by atoms with Crippen LogP contribution < -0.4 is 0 Å². The van der Waals surface area contributed by atoms with Crippen molar-refractivity contribution < 1.29 is 66.3 Å². The number of rotatable bonds is 49. The molecule has 56 heavy (non-hydrogen) atoms. The van der Waals surface area contributed by atoms with Crippen LogP contribution in [0, 0.1) is 0 Å². The largest absolute Gasteiger partial charge is 0.379 e. The van der Waals surface area contributed by atoms with Gasteiger partial charge in [-0.1, -0.05) is 71.1 Å². The standard InChI is InChI=1S/C42H84O14/c1-2-3-4-5-6-7-8-9-10-11-13-16-43-18-19-44-20-21-45-22-23-46-24-25-47-26-27-48-28-29-49-30-31-50-32-33-51-34-35-52-36-37-53-38-39-54-40-41-56-42-15-12-14-17-55-42/h42H,2-41H2,1H3. The molecular formula is C42H84O14. The van der Waals surface area contributed by atoms with Crippen LogP contribution in [-0.4, -0.2) is 178 Å². The lowest BCUT2D eigenvalue weighted by Crippen LogP contribution is -2.24. The van der Waals surface area contributed by atoms with Crippen molar-refractivity contribution in [3.05, 3.63) is 0 Å². The summed E-state index contributed by atoms with van der Waals surface area (Å²) in [5, 5.41) is 0. The molecule has 1 aliphatic rings. The first-order chi connectivity index (χ1) is 27.9. The van der Waals surface area contributed by atoms with Crippen LogP contribution in [0.2, 0.25) is 0 Å². The van der Waals surface area contributed by atoms with Crippen LogP contribution in [0.15, 0.2) is 0 Å². The van der Waals surface area contributed by atoms with E-state index in [-0.39, 0.29) is 6.29 Å². The van der Waals surface area contributed by atoms with Crippen molar-refractivity contribution in [2.45, 2.75) is 103 Å². The summed E-state index contributed by atoms with van der Waals surface area (Å²) in [4.78, 5) is 0. The van der Waals surface area contributed by atoms with Gasteiger partial charge in [-0.25, -0.2) is 0 Å². The second kappa shape index (κ2) is 48.8. The molecule has 1 heterocycles. The number of unbranched alkanes of at least 4 members (excludes halogenated alkanes) is 10. The van der Waals surface area contributed by atoms with E-state index in [1.807, 2.05) is 0 Å². The molecule has 336 valence electrons. The Balaban J connectivity index is 1.59. The van der Waals surface area contributed by atoms with Gasteiger partial charge in [-0.3, -0.25) is 0 Å². The highest BCUT2D eigenvalue weighted by Crippen LogP contribution is 2.13. The molecule has 0 aliphatic carbocycles. The molecule has 0 aromatic carbocycles. The van der Waals surface area contributed by atoms with Crippen LogP contribution in [0.3, 0.4) is 0 Å². The predicted molar refractivity (Wildman–Crippen MR) is 216 cm³/mol. The van der Waals surface area contributed by atoms with Crippen molar-refractivity contribution in [2.24, 2.45) is 0 Å². The molecule has 1 rings (SSSR count). The minimum absolute atomic E-state index is 0.0659. The molecule has 14 nitrogen and oxygen atoms in total. The highest BCUT2D eigenvalue weighted by atomic mass is 16.7. The molecular weight excluding hydrogens is 728 g/mol. The van der Waals surface area contributed by atoms with Crippen molar-refractivity contribution >= 4 is 0 Å². The van der Waals surface area contributed by atoms with Gasteiger partial charge in [-0.05, 0) is 25.7 Å². The van der Waals surface area contributed by atoms with E-state index in [0.29, 0.717) is 159 Å². The Morgan fingerprint density at radius 3 is 0.857 bits per heavy atom. The summed E-state index contributed by atoms with van der Waals surface area (Å²) >= 11 is 0. The molecule has 0 amide bonds. The van der Waals surface area contributed by atoms with E-state index in [4.69, 9.17) is 66.3 Å². The smallest absolute Gasteiger partial charge is 0.157 e. The second-order valence-electron chi connectivity index (χ2n) is 13.6. The predicted octanol–water partition coefficient (Wildman–Crippen LogP) is 6.04. The first-order valence-electron chi connectivity index (χ1n) is 22.1. The van der Waals surface area contributed by atoms with Crippen molar-refractivity contribution in [3.63, 3.8) is 0 Å². The molecule has 0 spiro atoms. The molecule has 0 saturated carbocycles. The zero-order valence-electron chi connectivity index (χ0n) is 35.6. The van der Waals surface area contributed by atoms with Crippen molar-refractivity contribution in [1.29, 1.82) is 0 Å². The van der Waals surface area contributed by atoms with Gasteiger partial charge in [0, 0.05) is 13.2 Å². The van der Waals surface area contributed by atoms with Gasteiger partial charge in [0.15, 0.2) is 6.29 Å². The monoisotopic (exact) mass is 813 g/mol. The lowest BCUT2D eigenvalue weighted by Gasteiger charge is -2.22. The summed E-state index contributed by atoms with van der Waals surface area (Å²) in [6, 6.07) is 0. The molecule has 0 bridgehead atoms. The molecule has 0 radical (unpaired) electrons. The molecule has 0 aromatic rings. The van der Waals surface area contributed by atoms with E-state index in [1.54, 1.807) is 0 Å². The zero-order valence-corrected chi connectivity index (χ0v) is 35.6. The average Bonchev–Trinajstić information content (AvgIpc) is 3.22. The molecule has 1 aliphatic heterocycles. The number of hydrogen-bond donors (Lipinski definition) is 0. The number of hydrogen-bond acceptors (Lipinski definition) is 14. The Labute approximate surface area is 340 Å². The highest BCUT2D eigenvalue weighted by Gasteiger charge is 2.13. The fourth-order valence-electron chi connectivity index (χ4n) is 5.47. The SMILES string of the molecule is CCCCCCCCCCCCCOCCOCCOCCOCCOCCOCCOCCOCCOCCOCCOCCOCCOC1CCCCO1. The van der Waals surface area contributed by atoms with Gasteiger partial charge in [-0.15, -0.1) is 0 Å². The Kier molecular flexibility index (Phi) is 46.6. The molecule has 1 saturated heterocycles. The van der Waals surface area contributed by atoms with E-state index >= 15 is 0 Å². The highest BCUT2D eigenvalue weighted by molar-refractivity contribution is 4.54. The van der Waals surface area contributed by atoms with E-state index < -0.39 is 0 Å². The van der Waals surface area contributed by atoms with Crippen LogP contribution in [0.1, 0.15) is 96.8 Å². The maximum absolute atomic E-state index is 5.67. The second-order valence-corrected chi connectivity index (χ2v) is 13.6. The van der Waals surface area contributed by atoms with Gasteiger partial charge in [0.1, 0.15) is 0 Å². The van der Waals surface area contributed by atoms with Crippen molar-refractivity contribution in [3.8, 4) is 0 Å². The van der Waals surface area contributed by atoms with Crippen molar-refractivity contribution in [1.82, 2.24) is 0 Å². The summed E-state index contributed by atoms with van der Waals surface area (Å²) in [6.07, 6.45) is 18.1. The van der Waals surface area contributed by atoms with Crippen LogP contribution in [0.4, 0.5) is 0 Å². The van der Waals surface area contributed by atoms with Gasteiger partial charge in [-0.2, -0.15) is 0 Å². The van der Waals surface area contributed by atoms with Crippen LogP contribution >= 0.6 is 0 Å². The average molecular weight is 813 g/mol. The molecule has 1 fully saturated rings. The molecule has 1 unspecified atom stereocenters. The summed E-state index contributed by atoms with van der Waals surface area (Å²) < 4.78 is 77.5. The van der Waals surface area contributed by atoms with Crippen LogP contribution in [-0.2, 0) is 66.3 Å².